The highest BCUT2D eigenvalue weighted by molar-refractivity contribution is 5.95. The van der Waals surface area contributed by atoms with E-state index in [1.54, 1.807) is 19.4 Å². The van der Waals surface area contributed by atoms with Crippen molar-refractivity contribution in [3.05, 3.63) is 95.4 Å². The summed E-state index contributed by atoms with van der Waals surface area (Å²) in [6.45, 7) is 3.11. The van der Waals surface area contributed by atoms with Crippen molar-refractivity contribution in [2.24, 2.45) is 5.92 Å². The van der Waals surface area contributed by atoms with Gasteiger partial charge >= 0.3 is 0 Å². The van der Waals surface area contributed by atoms with Crippen LogP contribution in [-0.4, -0.2) is 54.9 Å². The number of carbonyl (C=O) groups excluding carboxylic acids is 2. The Morgan fingerprint density at radius 3 is 2.23 bits per heavy atom. The van der Waals surface area contributed by atoms with Crippen LogP contribution in [0, 0.1) is 12.8 Å². The molecule has 35 heavy (non-hydrogen) atoms. The van der Waals surface area contributed by atoms with Gasteiger partial charge in [-0.25, -0.2) is 0 Å². The van der Waals surface area contributed by atoms with Gasteiger partial charge in [0, 0.05) is 33.3 Å². The lowest BCUT2D eigenvalue weighted by Crippen LogP contribution is -2.49. The average molecular weight is 475 g/mol. The first kappa shape index (κ1) is 24.7. The number of ether oxygens (including phenoxy) is 1. The van der Waals surface area contributed by atoms with Crippen LogP contribution < -0.4 is 0 Å². The smallest absolute Gasteiger partial charge is 0.257 e. The van der Waals surface area contributed by atoms with E-state index in [0.717, 1.165) is 24.8 Å². The topological polar surface area (TPSA) is 63.0 Å². The van der Waals surface area contributed by atoms with Crippen LogP contribution in [-0.2, 0) is 16.0 Å². The molecule has 6 heteroatoms. The minimum Gasteiger partial charge on any atom is -0.469 e. The fourth-order valence-corrected chi connectivity index (χ4v) is 5.10. The van der Waals surface area contributed by atoms with Crippen molar-refractivity contribution in [1.29, 1.82) is 0 Å². The van der Waals surface area contributed by atoms with E-state index in [1.165, 1.54) is 5.56 Å². The molecule has 1 aromatic heterocycles. The summed E-state index contributed by atoms with van der Waals surface area (Å²) < 4.78 is 11.0. The number of carbonyl (C=O) groups is 2. The van der Waals surface area contributed by atoms with Crippen molar-refractivity contribution in [3.63, 3.8) is 0 Å². The monoisotopic (exact) mass is 474 g/mol. The average Bonchev–Trinajstić information content (AvgIpc) is 3.34. The molecule has 0 bridgehead atoms. The summed E-state index contributed by atoms with van der Waals surface area (Å²) >= 11 is 0. The fourth-order valence-electron chi connectivity index (χ4n) is 5.10. The van der Waals surface area contributed by atoms with Gasteiger partial charge in [0.2, 0.25) is 0 Å². The first-order valence-corrected chi connectivity index (χ1v) is 12.2. The molecule has 2 atom stereocenters. The first-order valence-electron chi connectivity index (χ1n) is 12.2. The van der Waals surface area contributed by atoms with E-state index >= 15 is 0 Å². The van der Waals surface area contributed by atoms with Gasteiger partial charge < -0.3 is 19.0 Å². The van der Waals surface area contributed by atoms with E-state index < -0.39 is 6.10 Å². The third kappa shape index (κ3) is 5.65. The molecule has 0 aliphatic carbocycles. The van der Waals surface area contributed by atoms with Crippen molar-refractivity contribution in [2.75, 3.05) is 27.2 Å². The molecular formula is C29H34N2O4. The normalized spacial score (nSPS) is 16.0. The molecule has 1 fully saturated rings. The number of nitrogens with zero attached hydrogens (tertiary/aromatic N) is 2. The number of likely N-dealkylation sites (N-methyl/N-ethyl adjacent to an activating group) is 1. The van der Waals surface area contributed by atoms with Crippen molar-refractivity contribution in [1.82, 2.24) is 9.80 Å². The Kier molecular flexibility index (Phi) is 8.03. The number of piperidine rings is 1. The summed E-state index contributed by atoms with van der Waals surface area (Å²) in [5.74, 6) is 0.875. The number of hydrogen-bond donors (Lipinski definition) is 0. The summed E-state index contributed by atoms with van der Waals surface area (Å²) in [4.78, 5) is 30.4. The molecule has 4 rings (SSSR count). The van der Waals surface area contributed by atoms with Crippen molar-refractivity contribution >= 4 is 11.8 Å². The lowest BCUT2D eigenvalue weighted by molar-refractivity contribution is -0.144. The molecule has 1 aliphatic heterocycles. The number of benzene rings is 2. The summed E-state index contributed by atoms with van der Waals surface area (Å²) in [5.41, 5.74) is 2.66. The quantitative estimate of drug-likeness (QED) is 0.466. The Labute approximate surface area is 207 Å². The van der Waals surface area contributed by atoms with Crippen LogP contribution in [0.15, 0.2) is 77.4 Å². The van der Waals surface area contributed by atoms with Gasteiger partial charge in [0.15, 0.2) is 6.10 Å². The standard InChI is InChI=1S/C29H34N2O4/c1-21-25(16-19-35-21)28(32)30(2)26(20-22-10-6-4-7-11-22)23-14-17-31(18-15-23)29(33)27(34-3)24-12-8-5-9-13-24/h4-13,16,19,23,26-27H,14-15,17-18,20H2,1-3H3/t26-,27-/m0/s1. The maximum absolute atomic E-state index is 13.3. The minimum absolute atomic E-state index is 0.00443. The van der Waals surface area contributed by atoms with Crippen molar-refractivity contribution < 1.29 is 18.7 Å². The summed E-state index contributed by atoms with van der Waals surface area (Å²) in [7, 11) is 3.47. The number of methoxy groups -OCH3 is 1. The van der Waals surface area contributed by atoms with Crippen LogP contribution in [0.2, 0.25) is 0 Å². The van der Waals surface area contributed by atoms with E-state index in [1.807, 2.05) is 72.3 Å². The molecule has 184 valence electrons. The molecule has 2 heterocycles. The van der Waals surface area contributed by atoms with Gasteiger partial charge in [-0.05, 0) is 49.3 Å². The maximum Gasteiger partial charge on any atom is 0.257 e. The number of rotatable bonds is 8. The number of furan rings is 1. The van der Waals surface area contributed by atoms with Crippen LogP contribution in [0.4, 0.5) is 0 Å². The second kappa shape index (κ2) is 11.4. The molecule has 2 amide bonds. The third-order valence-electron chi connectivity index (χ3n) is 7.15. The van der Waals surface area contributed by atoms with Crippen LogP contribution in [0.25, 0.3) is 0 Å². The highest BCUT2D eigenvalue weighted by Crippen LogP contribution is 2.30. The van der Waals surface area contributed by atoms with Crippen LogP contribution in [0.3, 0.4) is 0 Å². The number of aryl methyl sites for hydroxylation is 1. The molecule has 2 aromatic carbocycles. The predicted octanol–water partition coefficient (Wildman–Crippen LogP) is 4.90. The molecule has 0 spiro atoms. The molecule has 0 saturated carbocycles. The highest BCUT2D eigenvalue weighted by atomic mass is 16.5. The first-order chi connectivity index (χ1) is 17.0. The fraction of sp³-hybridized carbons (Fsp3) is 0.379. The highest BCUT2D eigenvalue weighted by Gasteiger charge is 2.35. The van der Waals surface area contributed by atoms with Crippen molar-refractivity contribution in [3.8, 4) is 0 Å². The summed E-state index contributed by atoms with van der Waals surface area (Å²) in [6.07, 6.45) is 3.39. The Morgan fingerprint density at radius 2 is 1.66 bits per heavy atom. The van der Waals surface area contributed by atoms with E-state index in [9.17, 15) is 9.59 Å². The molecule has 1 saturated heterocycles. The SMILES string of the molecule is CO[C@H](C(=O)N1CCC([C@H](Cc2ccccc2)N(C)C(=O)c2ccoc2C)CC1)c1ccccc1. The Balaban J connectivity index is 1.48. The minimum atomic E-state index is -0.596. The van der Waals surface area contributed by atoms with Crippen LogP contribution >= 0.6 is 0 Å². The van der Waals surface area contributed by atoms with Gasteiger partial charge in [0.05, 0.1) is 11.8 Å². The van der Waals surface area contributed by atoms with Gasteiger partial charge in [-0.3, -0.25) is 9.59 Å². The molecule has 3 aromatic rings. The number of amides is 2. The maximum atomic E-state index is 13.3. The van der Waals surface area contributed by atoms with E-state index in [0.29, 0.717) is 24.4 Å². The van der Waals surface area contributed by atoms with Crippen LogP contribution in [0.5, 0.6) is 0 Å². The molecule has 0 radical (unpaired) electrons. The molecular weight excluding hydrogens is 440 g/mol. The van der Waals surface area contributed by atoms with Gasteiger partial charge in [0.1, 0.15) is 5.76 Å². The third-order valence-corrected chi connectivity index (χ3v) is 7.15. The van der Waals surface area contributed by atoms with Gasteiger partial charge in [-0.1, -0.05) is 60.7 Å². The lowest BCUT2D eigenvalue weighted by Gasteiger charge is -2.40. The van der Waals surface area contributed by atoms with E-state index in [4.69, 9.17) is 9.15 Å². The largest absolute Gasteiger partial charge is 0.469 e. The lowest BCUT2D eigenvalue weighted by atomic mass is 9.84. The van der Waals surface area contributed by atoms with Gasteiger partial charge in [-0.2, -0.15) is 0 Å². The number of likely N-dealkylation sites (tertiary alicyclic amines) is 1. The zero-order valence-electron chi connectivity index (χ0n) is 20.7. The Bertz CT molecular complexity index is 1100. The van der Waals surface area contributed by atoms with E-state index in [2.05, 4.69) is 12.1 Å². The second-order valence-electron chi connectivity index (χ2n) is 9.25. The predicted molar refractivity (Wildman–Crippen MR) is 135 cm³/mol. The number of hydrogen-bond acceptors (Lipinski definition) is 4. The molecule has 0 unspecified atom stereocenters. The van der Waals surface area contributed by atoms with Gasteiger partial charge in [-0.15, -0.1) is 0 Å². The zero-order chi connectivity index (χ0) is 24.8. The molecule has 0 N–H and O–H groups in total. The summed E-state index contributed by atoms with van der Waals surface area (Å²) in [5, 5.41) is 0. The Morgan fingerprint density at radius 1 is 1.03 bits per heavy atom. The Hall–Kier alpha value is -3.38. The summed E-state index contributed by atoms with van der Waals surface area (Å²) in [6, 6.07) is 21.7. The van der Waals surface area contributed by atoms with E-state index in [-0.39, 0.29) is 23.8 Å². The van der Waals surface area contributed by atoms with Crippen molar-refractivity contribution in [2.45, 2.75) is 38.3 Å². The van der Waals surface area contributed by atoms with Gasteiger partial charge in [0.25, 0.3) is 11.8 Å². The second-order valence-corrected chi connectivity index (χ2v) is 9.25. The molecule has 1 aliphatic rings. The van der Waals surface area contributed by atoms with Crippen LogP contribution in [0.1, 0.15) is 46.2 Å². The zero-order valence-corrected chi connectivity index (χ0v) is 20.7. The molecule has 6 nitrogen and oxygen atoms in total.